The maximum atomic E-state index is 12.6. The summed E-state index contributed by atoms with van der Waals surface area (Å²) in [5.41, 5.74) is 2.51. The molecule has 3 rings (SSSR count). The van der Waals surface area contributed by atoms with Gasteiger partial charge in [-0.1, -0.05) is 51.4 Å². The van der Waals surface area contributed by atoms with E-state index in [1.807, 2.05) is 30.3 Å². The predicted octanol–water partition coefficient (Wildman–Crippen LogP) is 3.54. The van der Waals surface area contributed by atoms with E-state index in [2.05, 4.69) is 26.2 Å². The third-order valence-corrected chi connectivity index (χ3v) is 4.11. The van der Waals surface area contributed by atoms with Crippen LogP contribution in [0.5, 0.6) is 0 Å². The van der Waals surface area contributed by atoms with Crippen LogP contribution in [0.25, 0.3) is 22.2 Å². The monoisotopic (exact) mass is 361 g/mol. The maximum Gasteiger partial charge on any atom is 0.279 e. The molecule has 0 spiro atoms. The summed E-state index contributed by atoms with van der Waals surface area (Å²) < 4.78 is 6.89. The van der Waals surface area contributed by atoms with E-state index in [0.29, 0.717) is 28.9 Å². The van der Waals surface area contributed by atoms with E-state index in [-0.39, 0.29) is 5.56 Å². The molecule has 0 N–H and O–H groups in total. The van der Waals surface area contributed by atoms with Gasteiger partial charge in [-0.25, -0.2) is 4.68 Å². The summed E-state index contributed by atoms with van der Waals surface area (Å²) in [5, 5.41) is 9.89. The second-order valence-corrected chi connectivity index (χ2v) is 5.90. The molecule has 0 bridgehead atoms. The highest BCUT2D eigenvalue weighted by Crippen LogP contribution is 2.25. The Bertz CT molecular complexity index is 840. The average Bonchev–Trinajstić information content (AvgIpc) is 2.93. The Hall–Kier alpha value is -1.95. The summed E-state index contributed by atoms with van der Waals surface area (Å²) in [5.74, 6) is 0. The molecule has 6 heteroatoms. The van der Waals surface area contributed by atoms with Crippen molar-refractivity contribution in [2.24, 2.45) is 0 Å². The second-order valence-electron chi connectivity index (χ2n) is 5.11. The summed E-state index contributed by atoms with van der Waals surface area (Å²) in [7, 11) is 0. The molecule has 114 valence electrons. The van der Waals surface area contributed by atoms with Crippen molar-refractivity contribution in [1.29, 1.82) is 0 Å². The van der Waals surface area contributed by atoms with Gasteiger partial charge in [-0.15, -0.1) is 0 Å². The van der Waals surface area contributed by atoms with Gasteiger partial charge >= 0.3 is 0 Å². The van der Waals surface area contributed by atoms with Crippen LogP contribution in [-0.2, 0) is 6.54 Å². The van der Waals surface area contributed by atoms with E-state index < -0.39 is 0 Å². The van der Waals surface area contributed by atoms with Crippen LogP contribution < -0.4 is 5.56 Å². The Balaban J connectivity index is 2.19. The molecule has 3 aromatic rings. The van der Waals surface area contributed by atoms with Crippen LogP contribution >= 0.6 is 15.9 Å². The van der Waals surface area contributed by atoms with E-state index in [0.717, 1.165) is 23.7 Å². The molecule has 22 heavy (non-hydrogen) atoms. The van der Waals surface area contributed by atoms with Crippen molar-refractivity contribution in [2.45, 2.75) is 26.3 Å². The van der Waals surface area contributed by atoms with Gasteiger partial charge in [-0.3, -0.25) is 4.79 Å². The fourth-order valence-electron chi connectivity index (χ4n) is 2.42. The molecule has 0 amide bonds. The fourth-order valence-corrected chi connectivity index (χ4v) is 2.81. The molecule has 0 aliphatic heterocycles. The second kappa shape index (κ2) is 6.44. The van der Waals surface area contributed by atoms with Crippen LogP contribution in [0.4, 0.5) is 0 Å². The lowest BCUT2D eigenvalue weighted by Gasteiger charge is -2.07. The van der Waals surface area contributed by atoms with E-state index in [1.54, 1.807) is 6.92 Å². The highest BCUT2D eigenvalue weighted by atomic mass is 79.9. The molecule has 0 fully saturated rings. The Labute approximate surface area is 136 Å². The summed E-state index contributed by atoms with van der Waals surface area (Å²) in [4.78, 5) is 12.6. The maximum absolute atomic E-state index is 12.6. The van der Waals surface area contributed by atoms with Crippen LogP contribution in [0.15, 0.2) is 39.6 Å². The van der Waals surface area contributed by atoms with E-state index >= 15 is 0 Å². The van der Waals surface area contributed by atoms with Crippen molar-refractivity contribution in [2.75, 3.05) is 5.33 Å². The lowest BCUT2D eigenvalue weighted by atomic mass is 10.1. The van der Waals surface area contributed by atoms with Gasteiger partial charge in [-0.05, 0) is 19.8 Å². The molecule has 2 aromatic heterocycles. The van der Waals surface area contributed by atoms with E-state index in [1.165, 1.54) is 4.68 Å². The smallest absolute Gasteiger partial charge is 0.279 e. The first-order chi connectivity index (χ1) is 10.7. The molecule has 0 atom stereocenters. The molecule has 2 heterocycles. The molecule has 0 saturated carbocycles. The van der Waals surface area contributed by atoms with Gasteiger partial charge in [0, 0.05) is 17.4 Å². The predicted molar refractivity (Wildman–Crippen MR) is 89.3 cm³/mol. The molecular weight excluding hydrogens is 346 g/mol. The van der Waals surface area contributed by atoms with Gasteiger partial charge in [-0.2, -0.15) is 5.10 Å². The number of aromatic nitrogens is 3. The third-order valence-electron chi connectivity index (χ3n) is 3.55. The minimum absolute atomic E-state index is 0.136. The SMILES string of the molecule is Cc1noc2c(-c3ccccc3)nn(CCCCBr)c(=O)c12. The third kappa shape index (κ3) is 2.70. The van der Waals surface area contributed by atoms with Crippen LogP contribution in [0.2, 0.25) is 0 Å². The van der Waals surface area contributed by atoms with E-state index in [4.69, 9.17) is 4.52 Å². The quantitative estimate of drug-likeness (QED) is 0.515. The number of halogens is 1. The fraction of sp³-hybridized carbons (Fsp3) is 0.312. The molecule has 0 unspecified atom stereocenters. The Kier molecular flexibility index (Phi) is 4.38. The first-order valence-corrected chi connectivity index (χ1v) is 8.33. The first-order valence-electron chi connectivity index (χ1n) is 7.21. The molecule has 1 aromatic carbocycles. The zero-order valence-electron chi connectivity index (χ0n) is 12.3. The summed E-state index contributed by atoms with van der Waals surface area (Å²) in [6.45, 7) is 2.37. The number of hydrogen-bond donors (Lipinski definition) is 0. The Morgan fingerprint density at radius 1 is 1.23 bits per heavy atom. The molecule has 0 aliphatic carbocycles. The van der Waals surface area contributed by atoms with Crippen molar-refractivity contribution >= 4 is 26.9 Å². The number of nitrogens with zero attached hydrogens (tertiary/aromatic N) is 3. The van der Waals surface area contributed by atoms with Crippen molar-refractivity contribution in [3.8, 4) is 11.3 Å². The topological polar surface area (TPSA) is 60.9 Å². The highest BCUT2D eigenvalue weighted by Gasteiger charge is 2.18. The zero-order chi connectivity index (χ0) is 15.5. The van der Waals surface area contributed by atoms with Gasteiger partial charge in [0.1, 0.15) is 11.1 Å². The van der Waals surface area contributed by atoms with Crippen molar-refractivity contribution in [3.63, 3.8) is 0 Å². The number of hydrogen-bond acceptors (Lipinski definition) is 4. The van der Waals surface area contributed by atoms with Crippen molar-refractivity contribution in [1.82, 2.24) is 14.9 Å². The largest absolute Gasteiger partial charge is 0.353 e. The van der Waals surface area contributed by atoms with Gasteiger partial charge in [0.05, 0.1) is 5.69 Å². The standard InChI is InChI=1S/C16H16BrN3O2/c1-11-13-15(22-19-11)14(12-7-3-2-4-8-12)18-20(16(13)21)10-6-5-9-17/h2-4,7-8H,5-6,9-10H2,1H3. The summed E-state index contributed by atoms with van der Waals surface area (Å²) >= 11 is 3.41. The number of alkyl halides is 1. The number of benzene rings is 1. The van der Waals surface area contributed by atoms with E-state index in [9.17, 15) is 4.79 Å². The van der Waals surface area contributed by atoms with Gasteiger partial charge in [0.2, 0.25) is 5.58 Å². The lowest BCUT2D eigenvalue weighted by Crippen LogP contribution is -2.24. The first kappa shape index (κ1) is 15.0. The average molecular weight is 362 g/mol. The van der Waals surface area contributed by atoms with Gasteiger partial charge in [0.15, 0.2) is 0 Å². The minimum Gasteiger partial charge on any atom is -0.353 e. The van der Waals surface area contributed by atoms with Crippen LogP contribution in [0.3, 0.4) is 0 Å². The highest BCUT2D eigenvalue weighted by molar-refractivity contribution is 9.09. The minimum atomic E-state index is -0.136. The van der Waals surface area contributed by atoms with Crippen molar-refractivity contribution < 1.29 is 4.52 Å². The Morgan fingerprint density at radius 2 is 2.00 bits per heavy atom. The van der Waals surface area contributed by atoms with Gasteiger partial charge in [0.25, 0.3) is 5.56 Å². The zero-order valence-corrected chi connectivity index (χ0v) is 13.8. The van der Waals surface area contributed by atoms with Crippen LogP contribution in [-0.4, -0.2) is 20.3 Å². The molecule has 0 radical (unpaired) electrons. The molecule has 5 nitrogen and oxygen atoms in total. The number of fused-ring (bicyclic) bond motifs is 1. The Morgan fingerprint density at radius 3 is 2.73 bits per heavy atom. The van der Waals surface area contributed by atoms with Crippen molar-refractivity contribution in [3.05, 3.63) is 46.4 Å². The number of unbranched alkanes of at least 4 members (excludes halogenated alkanes) is 1. The number of rotatable bonds is 5. The molecular formula is C16H16BrN3O2. The van der Waals surface area contributed by atoms with Crippen LogP contribution in [0.1, 0.15) is 18.5 Å². The molecule has 0 saturated heterocycles. The normalized spacial score (nSPS) is 11.2. The molecule has 0 aliphatic rings. The summed E-state index contributed by atoms with van der Waals surface area (Å²) in [6.07, 6.45) is 1.89. The lowest BCUT2D eigenvalue weighted by molar-refractivity contribution is 0.448. The van der Waals surface area contributed by atoms with Crippen LogP contribution in [0, 0.1) is 6.92 Å². The number of aryl methyl sites for hydroxylation is 2. The van der Waals surface area contributed by atoms with Gasteiger partial charge < -0.3 is 4.52 Å². The summed E-state index contributed by atoms with van der Waals surface area (Å²) in [6, 6.07) is 9.72.